The average Bonchev–Trinajstić information content (AvgIpc) is 2.48. The van der Waals surface area contributed by atoms with Crippen LogP contribution in [-0.2, 0) is 4.74 Å². The fourth-order valence-electron chi connectivity index (χ4n) is 3.26. The number of benzene rings is 1. The van der Waals surface area contributed by atoms with Crippen LogP contribution in [0.3, 0.4) is 0 Å². The lowest BCUT2D eigenvalue weighted by Crippen LogP contribution is -2.46. The molecule has 5 heteroatoms. The van der Waals surface area contributed by atoms with Gasteiger partial charge in [-0.25, -0.2) is 0 Å². The minimum absolute atomic E-state index is 0.112. The van der Waals surface area contributed by atoms with Crippen molar-refractivity contribution in [2.45, 2.75) is 37.3 Å². The second kappa shape index (κ2) is 6.80. The summed E-state index contributed by atoms with van der Waals surface area (Å²) in [4.78, 5) is 0. The van der Waals surface area contributed by atoms with Crippen molar-refractivity contribution in [3.63, 3.8) is 0 Å². The Hall–Kier alpha value is -0.390. The Bertz CT molecular complexity index is 486. The Morgan fingerprint density at radius 3 is 2.95 bits per heavy atom. The zero-order valence-electron chi connectivity index (χ0n) is 12.4. The Kier molecular flexibility index (Phi) is 5.02. The lowest BCUT2D eigenvalue weighted by Gasteiger charge is -2.43. The van der Waals surface area contributed by atoms with E-state index in [2.05, 4.69) is 27.3 Å². The molecule has 0 saturated carbocycles. The number of nitrogens with one attached hydrogen (secondary N) is 1. The van der Waals surface area contributed by atoms with Gasteiger partial charge >= 0.3 is 0 Å². The molecule has 3 nitrogen and oxygen atoms in total. The number of hydrogen-bond acceptors (Lipinski definition) is 4. The quantitative estimate of drug-likeness (QED) is 0.856. The Balaban J connectivity index is 1.71. The predicted molar refractivity (Wildman–Crippen MR) is 92.6 cm³/mol. The number of methoxy groups -OCH3 is 1. The van der Waals surface area contributed by atoms with Gasteiger partial charge in [-0.3, -0.25) is 0 Å². The van der Waals surface area contributed by atoms with E-state index in [0.29, 0.717) is 6.04 Å². The van der Waals surface area contributed by atoms with E-state index < -0.39 is 0 Å². The fraction of sp³-hybridized carbons (Fsp3) is 0.625. The van der Waals surface area contributed by atoms with E-state index in [9.17, 15) is 0 Å². The number of anilines is 1. The van der Waals surface area contributed by atoms with Crippen LogP contribution >= 0.6 is 27.7 Å². The number of halogens is 1. The summed E-state index contributed by atoms with van der Waals surface area (Å²) in [7, 11) is 1.72. The maximum atomic E-state index is 6.16. The third kappa shape index (κ3) is 3.69. The van der Waals surface area contributed by atoms with Crippen molar-refractivity contribution in [1.82, 2.24) is 0 Å². The van der Waals surface area contributed by atoms with Crippen LogP contribution in [0.4, 0.5) is 5.69 Å². The van der Waals surface area contributed by atoms with Crippen LogP contribution in [0.15, 0.2) is 22.7 Å². The fourth-order valence-corrected chi connectivity index (χ4v) is 4.85. The Morgan fingerprint density at radius 2 is 2.19 bits per heavy atom. The van der Waals surface area contributed by atoms with E-state index in [1.54, 1.807) is 7.11 Å². The predicted octanol–water partition coefficient (Wildman–Crippen LogP) is 4.31. The molecule has 0 aromatic heterocycles. The molecular formula is C16H22BrNO2S. The van der Waals surface area contributed by atoms with E-state index in [-0.39, 0.29) is 5.60 Å². The van der Waals surface area contributed by atoms with Crippen LogP contribution in [0, 0.1) is 0 Å². The summed E-state index contributed by atoms with van der Waals surface area (Å²) in [6, 6.07) is 6.56. The molecule has 1 unspecified atom stereocenters. The highest BCUT2D eigenvalue weighted by molar-refractivity contribution is 9.10. The van der Waals surface area contributed by atoms with Gasteiger partial charge in [0.2, 0.25) is 0 Å². The minimum atomic E-state index is 0.112. The van der Waals surface area contributed by atoms with Crippen molar-refractivity contribution in [3.05, 3.63) is 22.7 Å². The van der Waals surface area contributed by atoms with Crippen molar-refractivity contribution < 1.29 is 9.47 Å². The normalized spacial score (nSPS) is 24.8. The monoisotopic (exact) mass is 371 g/mol. The standard InChI is InChI=1S/C16H22BrNO2S/c1-19-15-3-2-12(17)10-14(15)18-13-4-7-20-16(11-13)5-8-21-9-6-16/h2-3,10,13,18H,4-9,11H2,1H3. The molecule has 116 valence electrons. The molecule has 2 aliphatic heterocycles. The van der Waals surface area contributed by atoms with Gasteiger partial charge in [-0.2, -0.15) is 11.8 Å². The van der Waals surface area contributed by atoms with Gasteiger partial charge < -0.3 is 14.8 Å². The first kappa shape index (κ1) is 15.5. The highest BCUT2D eigenvalue weighted by atomic mass is 79.9. The van der Waals surface area contributed by atoms with Crippen LogP contribution in [-0.4, -0.2) is 36.9 Å². The molecule has 1 aromatic rings. The second-order valence-electron chi connectivity index (χ2n) is 5.82. The van der Waals surface area contributed by atoms with Crippen LogP contribution in [0.2, 0.25) is 0 Å². The molecule has 0 radical (unpaired) electrons. The van der Waals surface area contributed by atoms with E-state index in [4.69, 9.17) is 9.47 Å². The molecule has 1 spiro atoms. The van der Waals surface area contributed by atoms with Gasteiger partial charge in [0, 0.05) is 17.1 Å². The average molecular weight is 372 g/mol. The summed E-state index contributed by atoms with van der Waals surface area (Å²) in [6.45, 7) is 0.860. The van der Waals surface area contributed by atoms with Gasteiger partial charge in [0.15, 0.2) is 0 Å². The van der Waals surface area contributed by atoms with Gasteiger partial charge in [0.25, 0.3) is 0 Å². The summed E-state index contributed by atoms with van der Waals surface area (Å²) in [6.07, 6.45) is 4.53. The molecule has 1 N–H and O–H groups in total. The van der Waals surface area contributed by atoms with Crippen molar-refractivity contribution in [3.8, 4) is 5.75 Å². The highest BCUT2D eigenvalue weighted by Gasteiger charge is 2.38. The number of hydrogen-bond donors (Lipinski definition) is 1. The van der Waals surface area contributed by atoms with Crippen molar-refractivity contribution >= 4 is 33.4 Å². The maximum Gasteiger partial charge on any atom is 0.142 e. The summed E-state index contributed by atoms with van der Waals surface area (Å²) in [5.74, 6) is 3.36. The molecule has 2 fully saturated rings. The topological polar surface area (TPSA) is 30.5 Å². The minimum Gasteiger partial charge on any atom is -0.495 e. The summed E-state index contributed by atoms with van der Waals surface area (Å²) < 4.78 is 12.7. The molecule has 1 aromatic carbocycles. The Morgan fingerprint density at radius 1 is 1.38 bits per heavy atom. The first-order valence-electron chi connectivity index (χ1n) is 7.53. The van der Waals surface area contributed by atoms with Gasteiger partial charge in [-0.15, -0.1) is 0 Å². The smallest absolute Gasteiger partial charge is 0.142 e. The third-order valence-electron chi connectivity index (χ3n) is 4.42. The van der Waals surface area contributed by atoms with Crippen LogP contribution in [0.25, 0.3) is 0 Å². The number of rotatable bonds is 3. The van der Waals surface area contributed by atoms with E-state index in [0.717, 1.165) is 35.4 Å². The van der Waals surface area contributed by atoms with Crippen LogP contribution < -0.4 is 10.1 Å². The van der Waals surface area contributed by atoms with Crippen molar-refractivity contribution in [2.24, 2.45) is 0 Å². The van der Waals surface area contributed by atoms with Gasteiger partial charge in [0.05, 0.1) is 18.4 Å². The zero-order valence-corrected chi connectivity index (χ0v) is 14.8. The summed E-state index contributed by atoms with van der Waals surface area (Å²) in [5, 5.41) is 3.67. The number of ether oxygens (including phenoxy) is 2. The van der Waals surface area contributed by atoms with Gasteiger partial charge in [-0.05, 0) is 55.4 Å². The van der Waals surface area contributed by atoms with E-state index in [1.165, 1.54) is 24.3 Å². The molecule has 2 saturated heterocycles. The molecule has 0 amide bonds. The molecule has 2 heterocycles. The largest absolute Gasteiger partial charge is 0.495 e. The maximum absolute atomic E-state index is 6.16. The van der Waals surface area contributed by atoms with Crippen LogP contribution in [0.5, 0.6) is 5.75 Å². The summed E-state index contributed by atoms with van der Waals surface area (Å²) >= 11 is 5.59. The first-order valence-corrected chi connectivity index (χ1v) is 9.47. The molecule has 21 heavy (non-hydrogen) atoms. The van der Waals surface area contributed by atoms with E-state index >= 15 is 0 Å². The van der Waals surface area contributed by atoms with Gasteiger partial charge in [0.1, 0.15) is 5.75 Å². The van der Waals surface area contributed by atoms with E-state index in [1.807, 2.05) is 23.9 Å². The second-order valence-corrected chi connectivity index (χ2v) is 7.96. The van der Waals surface area contributed by atoms with Crippen molar-refractivity contribution in [1.29, 1.82) is 0 Å². The van der Waals surface area contributed by atoms with Crippen LogP contribution in [0.1, 0.15) is 25.7 Å². The molecule has 3 rings (SSSR count). The molecule has 1 atom stereocenters. The highest BCUT2D eigenvalue weighted by Crippen LogP contribution is 2.39. The SMILES string of the molecule is COc1ccc(Br)cc1NC1CCOC2(CCSCC2)C1. The lowest BCUT2D eigenvalue weighted by molar-refractivity contribution is -0.0865. The number of thioether (sulfide) groups is 1. The van der Waals surface area contributed by atoms with Gasteiger partial charge in [-0.1, -0.05) is 15.9 Å². The summed E-state index contributed by atoms with van der Waals surface area (Å²) in [5.41, 5.74) is 1.18. The first-order chi connectivity index (χ1) is 10.2. The molecule has 0 aliphatic carbocycles. The lowest BCUT2D eigenvalue weighted by atomic mass is 9.85. The van der Waals surface area contributed by atoms with Crippen molar-refractivity contribution in [2.75, 3.05) is 30.5 Å². The Labute approximate surface area is 139 Å². The molecule has 0 bridgehead atoms. The zero-order chi connectivity index (χ0) is 14.7. The third-order valence-corrected chi connectivity index (χ3v) is 5.90. The molecule has 2 aliphatic rings. The molecular weight excluding hydrogens is 350 g/mol.